The maximum Gasteiger partial charge on any atom is 0.418 e. The molecule has 0 saturated heterocycles. The van der Waals surface area contributed by atoms with Crippen LogP contribution in [0.4, 0.5) is 18.9 Å². The number of ether oxygens (including phenoxy) is 1. The quantitative estimate of drug-likeness (QED) is 0.565. The lowest BCUT2D eigenvalue weighted by Crippen LogP contribution is -2.40. The molecule has 0 bridgehead atoms. The van der Waals surface area contributed by atoms with E-state index in [0.29, 0.717) is 32.4 Å². The first-order chi connectivity index (χ1) is 11.7. The molecular weight excluding hydrogens is 361 g/mol. The number of hydrogen-bond donors (Lipinski definition) is 2. The molecule has 9 heteroatoms. The zero-order chi connectivity index (χ0) is 18.7. The average molecular weight is 379 g/mol. The zero-order valence-corrected chi connectivity index (χ0v) is 14.3. The predicted molar refractivity (Wildman–Crippen MR) is 86.3 cm³/mol. The number of carbonyl (C=O) groups excluding carboxylic acids is 2. The van der Waals surface area contributed by atoms with Crippen molar-refractivity contribution in [3.63, 3.8) is 0 Å². The highest BCUT2D eigenvalue weighted by Gasteiger charge is 2.56. The van der Waals surface area contributed by atoms with Crippen molar-refractivity contribution in [3.05, 3.63) is 28.8 Å². The maximum atomic E-state index is 13.1. The number of amides is 2. The minimum Gasteiger partial charge on any atom is -0.385 e. The van der Waals surface area contributed by atoms with Gasteiger partial charge in [0.1, 0.15) is 5.41 Å². The van der Waals surface area contributed by atoms with Gasteiger partial charge in [0, 0.05) is 25.3 Å². The van der Waals surface area contributed by atoms with Crippen molar-refractivity contribution in [2.45, 2.75) is 25.4 Å². The van der Waals surface area contributed by atoms with Crippen LogP contribution in [-0.4, -0.2) is 32.1 Å². The van der Waals surface area contributed by atoms with Gasteiger partial charge in [0.2, 0.25) is 11.8 Å². The number of anilines is 1. The highest BCUT2D eigenvalue weighted by molar-refractivity contribution is 6.30. The van der Waals surface area contributed by atoms with Crippen molar-refractivity contribution < 1.29 is 27.5 Å². The molecule has 25 heavy (non-hydrogen) atoms. The molecule has 1 aliphatic rings. The van der Waals surface area contributed by atoms with Gasteiger partial charge in [-0.3, -0.25) is 9.59 Å². The SMILES string of the molecule is COCCCNC(=O)C1(C(=O)Nc2ccc(Cl)cc2C(F)(F)F)CC1. The summed E-state index contributed by atoms with van der Waals surface area (Å²) in [4.78, 5) is 24.6. The van der Waals surface area contributed by atoms with Gasteiger partial charge in [-0.05, 0) is 37.5 Å². The van der Waals surface area contributed by atoms with Crippen LogP contribution < -0.4 is 10.6 Å². The Hall–Kier alpha value is -1.80. The molecule has 1 aromatic rings. The van der Waals surface area contributed by atoms with E-state index in [1.54, 1.807) is 0 Å². The second-order valence-corrected chi connectivity index (χ2v) is 6.26. The molecule has 1 saturated carbocycles. The van der Waals surface area contributed by atoms with Crippen molar-refractivity contribution in [3.8, 4) is 0 Å². The lowest BCUT2D eigenvalue weighted by atomic mass is 10.0. The molecule has 1 fully saturated rings. The first-order valence-corrected chi connectivity index (χ1v) is 8.04. The molecule has 0 radical (unpaired) electrons. The molecule has 0 heterocycles. The molecule has 5 nitrogen and oxygen atoms in total. The van der Waals surface area contributed by atoms with E-state index in [1.807, 2.05) is 0 Å². The van der Waals surface area contributed by atoms with Crippen molar-refractivity contribution in [2.75, 3.05) is 25.6 Å². The Morgan fingerprint density at radius 3 is 2.52 bits per heavy atom. The van der Waals surface area contributed by atoms with Crippen LogP contribution in [0.3, 0.4) is 0 Å². The van der Waals surface area contributed by atoms with E-state index in [4.69, 9.17) is 16.3 Å². The maximum absolute atomic E-state index is 13.1. The fraction of sp³-hybridized carbons (Fsp3) is 0.500. The summed E-state index contributed by atoms with van der Waals surface area (Å²) in [6, 6.07) is 3.06. The van der Waals surface area contributed by atoms with Crippen LogP contribution in [0.15, 0.2) is 18.2 Å². The smallest absolute Gasteiger partial charge is 0.385 e. The summed E-state index contributed by atoms with van der Waals surface area (Å²) in [5, 5.41) is 4.75. The van der Waals surface area contributed by atoms with Crippen LogP contribution in [0, 0.1) is 5.41 Å². The Kier molecular flexibility index (Phi) is 5.95. The summed E-state index contributed by atoms with van der Waals surface area (Å²) in [7, 11) is 1.53. The normalized spacial score (nSPS) is 15.6. The topological polar surface area (TPSA) is 67.4 Å². The minimum atomic E-state index is -4.67. The third-order valence-corrected chi connectivity index (χ3v) is 4.20. The summed E-state index contributed by atoms with van der Waals surface area (Å²) in [6.07, 6.45) is -3.50. The largest absolute Gasteiger partial charge is 0.418 e. The summed E-state index contributed by atoms with van der Waals surface area (Å²) in [6.45, 7) is 0.787. The molecule has 1 aliphatic carbocycles. The molecule has 0 atom stereocenters. The number of nitrogens with one attached hydrogen (secondary N) is 2. The molecular formula is C16H18ClF3N2O3. The second kappa shape index (κ2) is 7.61. The Morgan fingerprint density at radius 1 is 1.28 bits per heavy atom. The van der Waals surface area contributed by atoms with Crippen molar-refractivity contribution in [1.82, 2.24) is 5.32 Å². The van der Waals surface area contributed by atoms with Crippen LogP contribution in [0.5, 0.6) is 0 Å². The lowest BCUT2D eigenvalue weighted by molar-refractivity contribution is -0.137. The van der Waals surface area contributed by atoms with Crippen molar-refractivity contribution in [2.24, 2.45) is 5.41 Å². The Morgan fingerprint density at radius 2 is 1.96 bits per heavy atom. The molecule has 2 amide bonds. The fourth-order valence-electron chi connectivity index (χ4n) is 2.37. The second-order valence-electron chi connectivity index (χ2n) is 5.83. The van der Waals surface area contributed by atoms with Gasteiger partial charge in [-0.1, -0.05) is 11.6 Å². The number of hydrogen-bond acceptors (Lipinski definition) is 3. The van der Waals surface area contributed by atoms with Gasteiger partial charge in [0.15, 0.2) is 0 Å². The molecule has 0 unspecified atom stereocenters. The van der Waals surface area contributed by atoms with Crippen LogP contribution in [-0.2, 0) is 20.5 Å². The number of rotatable bonds is 7. The van der Waals surface area contributed by atoms with Crippen LogP contribution in [0.25, 0.3) is 0 Å². The lowest BCUT2D eigenvalue weighted by Gasteiger charge is -2.18. The highest BCUT2D eigenvalue weighted by Crippen LogP contribution is 2.47. The number of carbonyl (C=O) groups is 2. The van der Waals surface area contributed by atoms with E-state index in [-0.39, 0.29) is 5.02 Å². The fourth-order valence-corrected chi connectivity index (χ4v) is 2.54. The first-order valence-electron chi connectivity index (χ1n) is 7.66. The average Bonchev–Trinajstić information content (AvgIpc) is 3.34. The van der Waals surface area contributed by atoms with Gasteiger partial charge >= 0.3 is 6.18 Å². The van der Waals surface area contributed by atoms with E-state index < -0.39 is 34.7 Å². The summed E-state index contributed by atoms with van der Waals surface area (Å²) in [5.41, 5.74) is -2.78. The number of halogens is 4. The minimum absolute atomic E-state index is 0.0951. The molecule has 138 valence electrons. The predicted octanol–water partition coefficient (Wildman–Crippen LogP) is 3.23. The summed E-state index contributed by atoms with van der Waals surface area (Å²) >= 11 is 5.61. The molecule has 2 rings (SSSR count). The molecule has 2 N–H and O–H groups in total. The van der Waals surface area contributed by atoms with Crippen LogP contribution in [0.2, 0.25) is 5.02 Å². The van der Waals surface area contributed by atoms with Gasteiger partial charge < -0.3 is 15.4 Å². The Balaban J connectivity index is 2.08. The number of methoxy groups -OCH3 is 1. The van der Waals surface area contributed by atoms with Gasteiger partial charge in [-0.15, -0.1) is 0 Å². The number of alkyl halides is 3. The van der Waals surface area contributed by atoms with Crippen LogP contribution >= 0.6 is 11.6 Å². The molecule has 1 aromatic carbocycles. The van der Waals surface area contributed by atoms with E-state index in [2.05, 4.69) is 10.6 Å². The standard InChI is InChI=1S/C16H18ClF3N2O3/c1-25-8-2-7-21-13(23)15(5-6-15)14(24)22-12-4-3-10(17)9-11(12)16(18,19)20/h3-4,9H,2,5-8H2,1H3,(H,21,23)(H,22,24). The molecule has 0 aliphatic heterocycles. The summed E-state index contributed by atoms with van der Waals surface area (Å²) in [5.74, 6) is -1.23. The van der Waals surface area contributed by atoms with Crippen molar-refractivity contribution >= 4 is 29.1 Å². The molecule has 0 spiro atoms. The van der Waals surface area contributed by atoms with Crippen LogP contribution in [0.1, 0.15) is 24.8 Å². The van der Waals surface area contributed by atoms with Crippen molar-refractivity contribution in [1.29, 1.82) is 0 Å². The highest BCUT2D eigenvalue weighted by atomic mass is 35.5. The van der Waals surface area contributed by atoms with E-state index >= 15 is 0 Å². The third-order valence-electron chi connectivity index (χ3n) is 3.97. The molecule has 0 aromatic heterocycles. The van der Waals surface area contributed by atoms with E-state index in [1.165, 1.54) is 13.2 Å². The zero-order valence-electron chi connectivity index (χ0n) is 13.5. The van der Waals surface area contributed by atoms with Gasteiger partial charge in [-0.25, -0.2) is 0 Å². The Bertz CT molecular complexity index is 661. The monoisotopic (exact) mass is 378 g/mol. The number of benzene rings is 1. The first kappa shape index (κ1) is 19.5. The van der Waals surface area contributed by atoms with Gasteiger partial charge in [-0.2, -0.15) is 13.2 Å². The summed E-state index contributed by atoms with van der Waals surface area (Å²) < 4.78 is 44.1. The Labute approximate surface area is 147 Å². The third kappa shape index (κ3) is 4.64. The van der Waals surface area contributed by atoms with Gasteiger partial charge in [0.25, 0.3) is 0 Å². The van der Waals surface area contributed by atoms with E-state index in [9.17, 15) is 22.8 Å². The van der Waals surface area contributed by atoms with E-state index in [0.717, 1.165) is 12.1 Å². The van der Waals surface area contributed by atoms with Gasteiger partial charge in [0.05, 0.1) is 11.3 Å².